The van der Waals surface area contributed by atoms with Crippen LogP contribution in [0.3, 0.4) is 0 Å². The first-order chi connectivity index (χ1) is 20.7. The van der Waals surface area contributed by atoms with Gasteiger partial charge in [0, 0.05) is 16.7 Å². The fraction of sp³-hybridized carbons (Fsp3) is 0. The van der Waals surface area contributed by atoms with Crippen LogP contribution in [-0.4, -0.2) is 15.0 Å². The van der Waals surface area contributed by atoms with Crippen LogP contribution in [0.1, 0.15) is 0 Å². The highest BCUT2D eigenvalue weighted by molar-refractivity contribution is 6.00. The van der Waals surface area contributed by atoms with Crippen molar-refractivity contribution >= 4 is 16.5 Å². The molecule has 0 aliphatic carbocycles. The molecule has 0 unspecified atom stereocenters. The SMILES string of the molecule is [C-]#[N+]c1cc(-c2ccc(-c3ccccc3)cc2)cc2cc(-c3nc(-c4ccccc4)nc(-c4ccccc4)n3)ccc12. The molecule has 4 nitrogen and oxygen atoms in total. The Balaban J connectivity index is 1.34. The Morgan fingerprint density at radius 2 is 0.786 bits per heavy atom. The Morgan fingerprint density at radius 3 is 1.31 bits per heavy atom. The second kappa shape index (κ2) is 10.9. The van der Waals surface area contributed by atoms with Gasteiger partial charge in [-0.2, -0.15) is 0 Å². The zero-order valence-corrected chi connectivity index (χ0v) is 22.6. The quantitative estimate of drug-likeness (QED) is 0.206. The molecular formula is C38H24N4. The third-order valence-corrected chi connectivity index (χ3v) is 7.33. The van der Waals surface area contributed by atoms with Gasteiger partial charge in [-0.25, -0.2) is 19.8 Å². The highest BCUT2D eigenvalue weighted by Crippen LogP contribution is 2.36. The highest BCUT2D eigenvalue weighted by atomic mass is 15.0. The van der Waals surface area contributed by atoms with Gasteiger partial charge in [0.25, 0.3) is 0 Å². The van der Waals surface area contributed by atoms with Crippen LogP contribution in [0.4, 0.5) is 5.69 Å². The summed E-state index contributed by atoms with van der Waals surface area (Å²) in [6.45, 7) is 7.89. The molecule has 0 aliphatic heterocycles. The van der Waals surface area contributed by atoms with Crippen molar-refractivity contribution < 1.29 is 0 Å². The summed E-state index contributed by atoms with van der Waals surface area (Å²) >= 11 is 0. The van der Waals surface area contributed by atoms with Crippen molar-refractivity contribution in [3.63, 3.8) is 0 Å². The van der Waals surface area contributed by atoms with Crippen molar-refractivity contribution in [1.82, 2.24) is 15.0 Å². The Bertz CT molecular complexity index is 2010. The van der Waals surface area contributed by atoms with Gasteiger partial charge in [-0.05, 0) is 51.2 Å². The standard InChI is InChI=1S/C38H24N4/c1-39-35-25-32(28-19-17-27(18-20-28)26-11-5-2-6-12-26)24-33-23-31(21-22-34(33)35)38-41-36(29-13-7-3-8-14-29)40-37(42-38)30-15-9-4-10-16-30/h2-25H. The monoisotopic (exact) mass is 536 g/mol. The molecule has 1 aromatic heterocycles. The van der Waals surface area contributed by atoms with E-state index < -0.39 is 0 Å². The molecule has 0 N–H and O–H groups in total. The van der Waals surface area contributed by atoms with E-state index in [0.29, 0.717) is 23.2 Å². The Hall–Kier alpha value is -5.92. The first kappa shape index (κ1) is 25.1. The summed E-state index contributed by atoms with van der Waals surface area (Å²) < 4.78 is 0. The van der Waals surface area contributed by atoms with Gasteiger partial charge < -0.3 is 0 Å². The molecule has 196 valence electrons. The number of hydrogen-bond acceptors (Lipinski definition) is 3. The van der Waals surface area contributed by atoms with Crippen LogP contribution < -0.4 is 0 Å². The van der Waals surface area contributed by atoms with Crippen LogP contribution in [0.15, 0.2) is 146 Å². The van der Waals surface area contributed by atoms with Gasteiger partial charge in [0.1, 0.15) is 0 Å². The second-order valence-corrected chi connectivity index (χ2v) is 10.0. The molecule has 0 fully saturated rings. The molecule has 42 heavy (non-hydrogen) atoms. The Kier molecular flexibility index (Phi) is 6.52. The van der Waals surface area contributed by atoms with E-state index in [0.717, 1.165) is 44.2 Å². The third kappa shape index (κ3) is 4.92. The zero-order valence-electron chi connectivity index (χ0n) is 22.6. The van der Waals surface area contributed by atoms with E-state index >= 15 is 0 Å². The summed E-state index contributed by atoms with van der Waals surface area (Å²) in [5, 5.41) is 1.87. The summed E-state index contributed by atoms with van der Waals surface area (Å²) in [6.07, 6.45) is 0. The minimum atomic E-state index is 0.589. The molecule has 1 heterocycles. The third-order valence-electron chi connectivity index (χ3n) is 7.33. The summed E-state index contributed by atoms with van der Waals surface area (Å²) in [7, 11) is 0. The first-order valence-corrected chi connectivity index (χ1v) is 13.7. The van der Waals surface area contributed by atoms with Crippen LogP contribution in [0, 0.1) is 6.57 Å². The normalized spacial score (nSPS) is 10.8. The predicted molar refractivity (Wildman–Crippen MR) is 171 cm³/mol. The van der Waals surface area contributed by atoms with E-state index in [1.807, 2.05) is 97.1 Å². The molecule has 6 aromatic carbocycles. The highest BCUT2D eigenvalue weighted by Gasteiger charge is 2.14. The average Bonchev–Trinajstić information content (AvgIpc) is 3.08. The van der Waals surface area contributed by atoms with Crippen molar-refractivity contribution in [3.05, 3.63) is 157 Å². The molecule has 0 saturated heterocycles. The zero-order chi connectivity index (χ0) is 28.3. The lowest BCUT2D eigenvalue weighted by atomic mass is 9.96. The molecule has 7 aromatic rings. The van der Waals surface area contributed by atoms with Crippen molar-refractivity contribution in [3.8, 4) is 56.4 Å². The van der Waals surface area contributed by atoms with E-state index in [2.05, 4.69) is 53.4 Å². The lowest BCUT2D eigenvalue weighted by Crippen LogP contribution is -2.00. The van der Waals surface area contributed by atoms with Gasteiger partial charge in [-0.15, -0.1) is 0 Å². The van der Waals surface area contributed by atoms with Gasteiger partial charge in [-0.3, -0.25) is 0 Å². The first-order valence-electron chi connectivity index (χ1n) is 13.7. The van der Waals surface area contributed by atoms with Crippen LogP contribution in [0.5, 0.6) is 0 Å². The Morgan fingerprint density at radius 1 is 0.381 bits per heavy atom. The summed E-state index contributed by atoms with van der Waals surface area (Å²) in [6, 6.07) is 48.9. The van der Waals surface area contributed by atoms with Gasteiger partial charge >= 0.3 is 0 Å². The van der Waals surface area contributed by atoms with Crippen molar-refractivity contribution in [2.24, 2.45) is 0 Å². The van der Waals surface area contributed by atoms with Crippen LogP contribution >= 0.6 is 0 Å². The maximum absolute atomic E-state index is 7.89. The van der Waals surface area contributed by atoms with E-state index in [1.54, 1.807) is 0 Å². The lowest BCUT2D eigenvalue weighted by molar-refractivity contribution is 1.07. The van der Waals surface area contributed by atoms with E-state index in [1.165, 1.54) is 5.56 Å². The van der Waals surface area contributed by atoms with Crippen LogP contribution in [0.25, 0.3) is 72.0 Å². The predicted octanol–water partition coefficient (Wildman–Crippen LogP) is 9.91. The van der Waals surface area contributed by atoms with E-state index in [4.69, 9.17) is 21.5 Å². The number of nitrogens with zero attached hydrogens (tertiary/aromatic N) is 4. The van der Waals surface area contributed by atoms with Crippen molar-refractivity contribution in [1.29, 1.82) is 0 Å². The Labute approximate surface area is 244 Å². The summed E-state index contributed by atoms with van der Waals surface area (Å²) in [5.74, 6) is 1.83. The number of hydrogen-bond donors (Lipinski definition) is 0. The second-order valence-electron chi connectivity index (χ2n) is 10.0. The molecule has 0 aliphatic rings. The number of benzene rings is 6. The number of rotatable bonds is 5. The van der Waals surface area contributed by atoms with Crippen LogP contribution in [0.2, 0.25) is 0 Å². The molecule has 0 bridgehead atoms. The lowest BCUT2D eigenvalue weighted by Gasteiger charge is -2.11. The van der Waals surface area contributed by atoms with E-state index in [-0.39, 0.29) is 0 Å². The number of fused-ring (bicyclic) bond motifs is 1. The minimum absolute atomic E-state index is 0.589. The molecular weight excluding hydrogens is 512 g/mol. The van der Waals surface area contributed by atoms with Crippen molar-refractivity contribution in [2.75, 3.05) is 0 Å². The molecule has 0 radical (unpaired) electrons. The topological polar surface area (TPSA) is 43.0 Å². The number of aromatic nitrogens is 3. The molecule has 7 rings (SSSR count). The van der Waals surface area contributed by atoms with Gasteiger partial charge in [-0.1, -0.05) is 127 Å². The largest absolute Gasteiger partial charge is 0.237 e. The van der Waals surface area contributed by atoms with Gasteiger partial charge in [0.15, 0.2) is 23.2 Å². The summed E-state index contributed by atoms with van der Waals surface area (Å²) in [5.41, 5.74) is 7.73. The fourth-order valence-electron chi connectivity index (χ4n) is 5.17. The molecule has 0 saturated carbocycles. The van der Waals surface area contributed by atoms with E-state index in [9.17, 15) is 0 Å². The van der Waals surface area contributed by atoms with Gasteiger partial charge in [0.05, 0.1) is 6.57 Å². The average molecular weight is 537 g/mol. The molecule has 4 heteroatoms. The summed E-state index contributed by atoms with van der Waals surface area (Å²) in [4.78, 5) is 18.4. The molecule has 0 atom stereocenters. The van der Waals surface area contributed by atoms with Gasteiger partial charge in [0.2, 0.25) is 0 Å². The van der Waals surface area contributed by atoms with Crippen molar-refractivity contribution in [2.45, 2.75) is 0 Å². The minimum Gasteiger partial charge on any atom is -0.237 e. The molecule has 0 spiro atoms. The maximum atomic E-state index is 7.89. The fourth-order valence-corrected chi connectivity index (χ4v) is 5.17. The smallest absolute Gasteiger partial charge is 0.195 e. The van der Waals surface area contributed by atoms with Crippen LogP contribution in [-0.2, 0) is 0 Å². The maximum Gasteiger partial charge on any atom is 0.195 e. The molecule has 0 amide bonds.